The Morgan fingerprint density at radius 1 is 1.00 bits per heavy atom. The number of esters is 1. The number of ether oxygens (including phenoxy) is 3. The number of carbonyl (C=O) groups excluding carboxylic acids is 1. The van der Waals surface area contributed by atoms with E-state index in [9.17, 15) is 4.79 Å². The van der Waals surface area contributed by atoms with E-state index >= 15 is 0 Å². The first-order valence-electron chi connectivity index (χ1n) is 9.85. The number of rotatable bonds is 9. The maximum absolute atomic E-state index is 12.6. The van der Waals surface area contributed by atoms with Crippen LogP contribution in [0.3, 0.4) is 0 Å². The fraction of sp³-hybridized carbons (Fsp3) is 0.154. The Morgan fingerprint density at radius 3 is 2.39 bits per heavy atom. The highest BCUT2D eigenvalue weighted by molar-refractivity contribution is 5.87. The minimum Gasteiger partial charge on any atom is -0.493 e. The fourth-order valence-electron chi connectivity index (χ4n) is 3.08. The van der Waals surface area contributed by atoms with Gasteiger partial charge in [0.15, 0.2) is 18.1 Å². The minimum absolute atomic E-state index is 0.0693. The number of benzene rings is 3. The van der Waals surface area contributed by atoms with E-state index in [0.29, 0.717) is 17.9 Å². The maximum atomic E-state index is 12.6. The van der Waals surface area contributed by atoms with Crippen molar-refractivity contribution in [2.75, 3.05) is 13.7 Å². The first-order chi connectivity index (χ1) is 15.2. The van der Waals surface area contributed by atoms with Gasteiger partial charge in [-0.15, -0.1) is 0 Å². The monoisotopic (exact) mass is 413 g/mol. The zero-order valence-electron chi connectivity index (χ0n) is 17.2. The number of hydrogen-bond acceptors (Lipinski definition) is 5. The van der Waals surface area contributed by atoms with Gasteiger partial charge in [-0.05, 0) is 34.9 Å². The lowest BCUT2D eigenvalue weighted by atomic mass is 10.0. The Kier molecular flexibility index (Phi) is 7.84. The van der Waals surface area contributed by atoms with Crippen molar-refractivity contribution in [1.29, 1.82) is 5.26 Å². The lowest BCUT2D eigenvalue weighted by Gasteiger charge is -2.17. The number of hydrogen-bond donors (Lipinski definition) is 0. The summed E-state index contributed by atoms with van der Waals surface area (Å²) in [5, 5.41) is 8.66. The Bertz CT molecular complexity index is 1060. The molecule has 0 unspecified atom stereocenters. The van der Waals surface area contributed by atoms with E-state index in [1.54, 1.807) is 24.3 Å². The molecule has 31 heavy (non-hydrogen) atoms. The van der Waals surface area contributed by atoms with Gasteiger partial charge in [0.25, 0.3) is 0 Å². The van der Waals surface area contributed by atoms with Crippen molar-refractivity contribution in [1.82, 2.24) is 0 Å². The molecule has 5 heteroatoms. The first kappa shape index (κ1) is 21.7. The molecule has 0 amide bonds. The third kappa shape index (κ3) is 6.48. The molecule has 0 saturated heterocycles. The highest BCUT2D eigenvalue weighted by Crippen LogP contribution is 2.28. The average molecular weight is 413 g/mol. The molecule has 0 aliphatic heterocycles. The van der Waals surface area contributed by atoms with Crippen molar-refractivity contribution in [3.05, 3.63) is 102 Å². The van der Waals surface area contributed by atoms with Crippen molar-refractivity contribution >= 4 is 12.0 Å². The molecule has 0 radical (unpaired) electrons. The van der Waals surface area contributed by atoms with Gasteiger partial charge < -0.3 is 14.2 Å². The second-order valence-electron chi connectivity index (χ2n) is 6.72. The van der Waals surface area contributed by atoms with Gasteiger partial charge in [-0.3, -0.25) is 0 Å². The van der Waals surface area contributed by atoms with Gasteiger partial charge in [0.05, 0.1) is 7.11 Å². The summed E-state index contributed by atoms with van der Waals surface area (Å²) in [6.45, 7) is -0.0693. The molecule has 3 aromatic carbocycles. The summed E-state index contributed by atoms with van der Waals surface area (Å²) in [7, 11) is 1.52. The standard InChI is InChI=1S/C26H23NO4/c1-29-25-19-21(12-14-23(25)30-17-16-27)13-15-26(28)31-24(22-10-6-3-7-11-22)18-20-8-4-2-5-9-20/h2-15,19,24H,17-18H2,1H3/b15-13+/t24-/m0/s1. The van der Waals surface area contributed by atoms with Gasteiger partial charge in [-0.25, -0.2) is 4.79 Å². The van der Waals surface area contributed by atoms with Crippen LogP contribution < -0.4 is 9.47 Å². The van der Waals surface area contributed by atoms with E-state index in [1.165, 1.54) is 13.2 Å². The third-order valence-corrected chi connectivity index (χ3v) is 4.59. The van der Waals surface area contributed by atoms with Crippen LogP contribution in [-0.4, -0.2) is 19.7 Å². The van der Waals surface area contributed by atoms with E-state index in [4.69, 9.17) is 19.5 Å². The van der Waals surface area contributed by atoms with Crippen LogP contribution in [0.1, 0.15) is 22.8 Å². The second kappa shape index (κ2) is 11.2. The van der Waals surface area contributed by atoms with Crippen molar-refractivity contribution in [2.24, 2.45) is 0 Å². The molecule has 0 fully saturated rings. The lowest BCUT2D eigenvalue weighted by molar-refractivity contribution is -0.143. The molecule has 0 bridgehead atoms. The predicted molar refractivity (Wildman–Crippen MR) is 119 cm³/mol. The molecule has 0 heterocycles. The van der Waals surface area contributed by atoms with Gasteiger partial charge >= 0.3 is 5.97 Å². The van der Waals surface area contributed by atoms with Crippen molar-refractivity contribution in [3.63, 3.8) is 0 Å². The van der Waals surface area contributed by atoms with Gasteiger partial charge in [0, 0.05) is 12.5 Å². The van der Waals surface area contributed by atoms with E-state index in [0.717, 1.165) is 16.7 Å². The molecule has 0 saturated carbocycles. The zero-order chi connectivity index (χ0) is 21.9. The van der Waals surface area contributed by atoms with Crippen LogP contribution in [0, 0.1) is 11.3 Å². The van der Waals surface area contributed by atoms with E-state index in [2.05, 4.69) is 0 Å². The number of carbonyl (C=O) groups is 1. The minimum atomic E-state index is -0.437. The molecule has 0 spiro atoms. The van der Waals surface area contributed by atoms with Crippen molar-refractivity contribution in [2.45, 2.75) is 12.5 Å². The molecule has 0 N–H and O–H groups in total. The molecule has 0 aliphatic carbocycles. The van der Waals surface area contributed by atoms with Crippen LogP contribution in [0.5, 0.6) is 11.5 Å². The summed E-state index contributed by atoms with van der Waals surface area (Å²) in [6, 6.07) is 26.8. The number of nitrogens with zero attached hydrogens (tertiary/aromatic N) is 1. The molecule has 0 aliphatic rings. The molecule has 3 aromatic rings. The zero-order valence-corrected chi connectivity index (χ0v) is 17.2. The quantitative estimate of drug-likeness (QED) is 0.359. The van der Waals surface area contributed by atoms with Crippen molar-refractivity contribution < 1.29 is 19.0 Å². The van der Waals surface area contributed by atoms with Crippen molar-refractivity contribution in [3.8, 4) is 17.6 Å². The van der Waals surface area contributed by atoms with Crippen LogP contribution in [0.4, 0.5) is 0 Å². The molecule has 0 aromatic heterocycles. The summed E-state index contributed by atoms with van der Waals surface area (Å²) in [4.78, 5) is 12.6. The second-order valence-corrected chi connectivity index (χ2v) is 6.72. The van der Waals surface area contributed by atoms with E-state index in [-0.39, 0.29) is 6.61 Å². The Labute approximate surface area is 182 Å². The topological polar surface area (TPSA) is 68.6 Å². The van der Waals surface area contributed by atoms with Crippen LogP contribution in [0.15, 0.2) is 84.9 Å². The van der Waals surface area contributed by atoms with E-state index < -0.39 is 12.1 Å². The normalized spacial score (nSPS) is 11.5. The summed E-state index contributed by atoms with van der Waals surface area (Å²) in [5.74, 6) is 0.515. The summed E-state index contributed by atoms with van der Waals surface area (Å²) >= 11 is 0. The highest BCUT2D eigenvalue weighted by Gasteiger charge is 2.16. The molecule has 5 nitrogen and oxygen atoms in total. The Balaban J connectivity index is 1.72. The predicted octanol–water partition coefficient (Wildman–Crippen LogP) is 5.14. The summed E-state index contributed by atoms with van der Waals surface area (Å²) < 4.78 is 16.4. The molecule has 1 atom stereocenters. The first-order valence-corrected chi connectivity index (χ1v) is 9.85. The third-order valence-electron chi connectivity index (χ3n) is 4.59. The molecular formula is C26H23NO4. The van der Waals surface area contributed by atoms with Crippen LogP contribution in [0.2, 0.25) is 0 Å². The highest BCUT2D eigenvalue weighted by atomic mass is 16.5. The lowest BCUT2D eigenvalue weighted by Crippen LogP contribution is -2.12. The van der Waals surface area contributed by atoms with Gasteiger partial charge in [-0.2, -0.15) is 5.26 Å². The smallest absolute Gasteiger partial charge is 0.331 e. The molecular weight excluding hydrogens is 390 g/mol. The Hall–Kier alpha value is -4.04. The van der Waals surface area contributed by atoms with Crippen LogP contribution in [0.25, 0.3) is 6.08 Å². The number of nitriles is 1. The van der Waals surface area contributed by atoms with Crippen LogP contribution >= 0.6 is 0 Å². The van der Waals surface area contributed by atoms with Gasteiger partial charge in [0.1, 0.15) is 12.2 Å². The van der Waals surface area contributed by atoms with Gasteiger partial charge in [0.2, 0.25) is 0 Å². The maximum Gasteiger partial charge on any atom is 0.331 e. The van der Waals surface area contributed by atoms with E-state index in [1.807, 2.05) is 66.7 Å². The Morgan fingerprint density at radius 2 is 1.71 bits per heavy atom. The summed E-state index contributed by atoms with van der Waals surface area (Å²) in [5.41, 5.74) is 2.78. The average Bonchev–Trinajstić information content (AvgIpc) is 2.82. The van der Waals surface area contributed by atoms with Gasteiger partial charge in [-0.1, -0.05) is 66.7 Å². The SMILES string of the molecule is COc1cc(/C=C/C(=O)O[C@@H](Cc2ccccc2)c2ccccc2)ccc1OCC#N. The molecule has 156 valence electrons. The largest absolute Gasteiger partial charge is 0.493 e. The number of methoxy groups -OCH3 is 1. The fourth-order valence-corrected chi connectivity index (χ4v) is 3.08. The summed E-state index contributed by atoms with van der Waals surface area (Å²) in [6.07, 6.45) is 3.25. The van der Waals surface area contributed by atoms with Crippen LogP contribution in [-0.2, 0) is 16.0 Å². The molecule has 3 rings (SSSR count).